The molecule has 7 nitrogen and oxygen atoms in total. The summed E-state index contributed by atoms with van der Waals surface area (Å²) in [4.78, 5) is 30.9. The van der Waals surface area contributed by atoms with E-state index in [1.807, 2.05) is 0 Å². The Balaban J connectivity index is 1.70. The number of aliphatic imine (C=N–C) groups is 1. The molecule has 0 saturated heterocycles. The number of amidine groups is 1. The molecule has 0 spiro atoms. The van der Waals surface area contributed by atoms with Crippen LogP contribution < -0.4 is 16.2 Å². The predicted molar refractivity (Wildman–Crippen MR) is 79.2 cm³/mol. The van der Waals surface area contributed by atoms with E-state index in [0.29, 0.717) is 17.2 Å². The summed E-state index contributed by atoms with van der Waals surface area (Å²) in [7, 11) is 0. The molecule has 1 aliphatic rings. The third kappa shape index (κ3) is 3.06. The van der Waals surface area contributed by atoms with E-state index in [-0.39, 0.29) is 18.4 Å². The molecule has 0 atom stereocenters. The smallest absolute Gasteiger partial charge is 0.275 e. The highest BCUT2D eigenvalue weighted by atomic mass is 32.1. The van der Waals surface area contributed by atoms with Crippen LogP contribution >= 0.6 is 11.3 Å². The summed E-state index contributed by atoms with van der Waals surface area (Å²) in [6.07, 6.45) is 0. The lowest BCUT2D eigenvalue weighted by Gasteiger charge is -2.15. The highest BCUT2D eigenvalue weighted by Crippen LogP contribution is 2.12. The first-order valence-corrected chi connectivity index (χ1v) is 7.06. The summed E-state index contributed by atoms with van der Waals surface area (Å²) in [6, 6.07) is 7.14. The van der Waals surface area contributed by atoms with Crippen LogP contribution in [0.15, 0.2) is 40.1 Å². The molecule has 0 fully saturated rings. The highest BCUT2D eigenvalue weighted by molar-refractivity contribution is 7.07. The Labute approximate surface area is 124 Å². The second-order valence-electron chi connectivity index (χ2n) is 4.24. The Morgan fingerprint density at radius 1 is 1.24 bits per heavy atom. The Bertz CT molecular complexity index is 694. The van der Waals surface area contributed by atoms with E-state index in [0.717, 1.165) is 5.56 Å². The Hall–Kier alpha value is -2.74. The lowest BCUT2D eigenvalue weighted by molar-refractivity contribution is -0.120. The van der Waals surface area contributed by atoms with Gasteiger partial charge in [-0.2, -0.15) is 0 Å². The first-order chi connectivity index (χ1) is 10.2. The lowest BCUT2D eigenvalue weighted by atomic mass is 10.2. The van der Waals surface area contributed by atoms with E-state index in [9.17, 15) is 9.59 Å². The number of anilines is 1. The minimum Gasteiger partial charge on any atom is -0.321 e. The SMILES string of the molecule is O=C1CN=C(c2ccc(NC(=O)c3cscn3)cc2)NN1. The topological polar surface area (TPSA) is 95.5 Å². The molecule has 2 amide bonds. The number of nitrogens with one attached hydrogen (secondary N) is 3. The maximum absolute atomic E-state index is 11.8. The highest BCUT2D eigenvalue weighted by Gasteiger charge is 2.12. The van der Waals surface area contributed by atoms with E-state index in [4.69, 9.17) is 0 Å². The number of carbonyl (C=O) groups excluding carboxylic acids is 2. The van der Waals surface area contributed by atoms with Crippen molar-refractivity contribution < 1.29 is 9.59 Å². The maximum atomic E-state index is 11.8. The molecule has 2 aromatic rings. The monoisotopic (exact) mass is 301 g/mol. The van der Waals surface area contributed by atoms with Crippen LogP contribution in [0.3, 0.4) is 0 Å². The van der Waals surface area contributed by atoms with Gasteiger partial charge < -0.3 is 5.32 Å². The molecule has 0 aliphatic carbocycles. The summed E-state index contributed by atoms with van der Waals surface area (Å²) in [5.41, 5.74) is 8.71. The van der Waals surface area contributed by atoms with Gasteiger partial charge in [0.05, 0.1) is 5.51 Å². The zero-order valence-electron chi connectivity index (χ0n) is 10.8. The van der Waals surface area contributed by atoms with Crippen molar-refractivity contribution >= 4 is 34.7 Å². The summed E-state index contributed by atoms with van der Waals surface area (Å²) in [5.74, 6) is 0.169. The van der Waals surface area contributed by atoms with Gasteiger partial charge in [0, 0.05) is 16.6 Å². The molecule has 106 valence electrons. The second-order valence-corrected chi connectivity index (χ2v) is 4.96. The van der Waals surface area contributed by atoms with Gasteiger partial charge in [-0.25, -0.2) is 4.98 Å². The van der Waals surface area contributed by atoms with Crippen LogP contribution in [0.5, 0.6) is 0 Å². The zero-order valence-corrected chi connectivity index (χ0v) is 11.6. The number of rotatable bonds is 3. The van der Waals surface area contributed by atoms with Crippen molar-refractivity contribution in [2.24, 2.45) is 4.99 Å². The number of hydrogen-bond donors (Lipinski definition) is 3. The van der Waals surface area contributed by atoms with Gasteiger partial charge in [0.25, 0.3) is 11.8 Å². The van der Waals surface area contributed by atoms with Gasteiger partial charge in [-0.3, -0.25) is 25.4 Å². The fraction of sp³-hybridized carbons (Fsp3) is 0.0769. The average Bonchev–Trinajstić information content (AvgIpc) is 3.03. The number of thiazole rings is 1. The molecule has 1 aromatic carbocycles. The van der Waals surface area contributed by atoms with Crippen molar-refractivity contribution in [2.75, 3.05) is 11.9 Å². The second kappa shape index (κ2) is 5.71. The molecule has 8 heteroatoms. The van der Waals surface area contributed by atoms with Gasteiger partial charge in [0.2, 0.25) is 0 Å². The fourth-order valence-corrected chi connectivity index (χ4v) is 2.29. The lowest BCUT2D eigenvalue weighted by Crippen LogP contribution is -2.47. The molecule has 21 heavy (non-hydrogen) atoms. The number of nitrogens with zero attached hydrogens (tertiary/aromatic N) is 2. The quantitative estimate of drug-likeness (QED) is 0.780. The van der Waals surface area contributed by atoms with Crippen molar-refractivity contribution in [2.45, 2.75) is 0 Å². The van der Waals surface area contributed by atoms with Crippen molar-refractivity contribution in [3.63, 3.8) is 0 Å². The Morgan fingerprint density at radius 2 is 2.05 bits per heavy atom. The fourth-order valence-electron chi connectivity index (χ4n) is 1.75. The first kappa shape index (κ1) is 13.3. The number of hydrogen-bond acceptors (Lipinski definition) is 6. The molecule has 3 rings (SSSR count). The van der Waals surface area contributed by atoms with Gasteiger partial charge in [-0.15, -0.1) is 11.3 Å². The van der Waals surface area contributed by atoms with E-state index >= 15 is 0 Å². The first-order valence-electron chi connectivity index (χ1n) is 6.11. The van der Waals surface area contributed by atoms with E-state index in [1.165, 1.54) is 11.3 Å². The Morgan fingerprint density at radius 3 is 2.67 bits per heavy atom. The van der Waals surface area contributed by atoms with Gasteiger partial charge in [0.15, 0.2) is 0 Å². The normalized spacial score (nSPS) is 13.9. The summed E-state index contributed by atoms with van der Waals surface area (Å²) in [5, 5.41) is 4.44. The minimum absolute atomic E-state index is 0.102. The van der Waals surface area contributed by atoms with Crippen LogP contribution in [0.4, 0.5) is 5.69 Å². The predicted octanol–water partition coefficient (Wildman–Crippen LogP) is 0.776. The summed E-state index contributed by atoms with van der Waals surface area (Å²) < 4.78 is 0. The molecule has 1 aromatic heterocycles. The average molecular weight is 301 g/mol. The Kier molecular flexibility index (Phi) is 3.61. The molecule has 1 aliphatic heterocycles. The third-order valence-electron chi connectivity index (χ3n) is 2.78. The van der Waals surface area contributed by atoms with E-state index in [1.54, 1.807) is 35.2 Å². The van der Waals surface area contributed by atoms with Gasteiger partial charge >= 0.3 is 0 Å². The number of aromatic nitrogens is 1. The largest absolute Gasteiger partial charge is 0.321 e. The third-order valence-corrected chi connectivity index (χ3v) is 3.37. The van der Waals surface area contributed by atoms with Crippen molar-refractivity contribution in [3.05, 3.63) is 46.4 Å². The number of carbonyl (C=O) groups is 2. The maximum Gasteiger partial charge on any atom is 0.275 e. The van der Waals surface area contributed by atoms with Crippen LogP contribution in [0.25, 0.3) is 0 Å². The standard InChI is InChI=1S/C13H11N5O2S/c19-11-5-14-12(18-17-11)8-1-3-9(4-2-8)16-13(20)10-6-21-7-15-10/h1-4,6-7H,5H2,(H,14,18)(H,16,20)(H,17,19). The summed E-state index contributed by atoms with van der Waals surface area (Å²) >= 11 is 1.37. The van der Waals surface area contributed by atoms with Crippen LogP contribution in [-0.4, -0.2) is 29.2 Å². The number of amides is 2. The van der Waals surface area contributed by atoms with Crippen LogP contribution in [0, 0.1) is 0 Å². The van der Waals surface area contributed by atoms with Gasteiger partial charge in [-0.05, 0) is 24.3 Å². The molecule has 0 unspecified atom stereocenters. The van der Waals surface area contributed by atoms with E-state index < -0.39 is 0 Å². The van der Waals surface area contributed by atoms with Crippen molar-refractivity contribution in [3.8, 4) is 0 Å². The van der Waals surface area contributed by atoms with Gasteiger partial charge in [-0.1, -0.05) is 0 Å². The molecule has 2 heterocycles. The van der Waals surface area contributed by atoms with Crippen LogP contribution in [0.2, 0.25) is 0 Å². The zero-order chi connectivity index (χ0) is 14.7. The minimum atomic E-state index is -0.246. The summed E-state index contributed by atoms with van der Waals surface area (Å²) in [6.45, 7) is 0.102. The van der Waals surface area contributed by atoms with Crippen molar-refractivity contribution in [1.82, 2.24) is 15.8 Å². The number of hydrazine groups is 1. The molecule has 3 N–H and O–H groups in total. The molecule has 0 saturated carbocycles. The van der Waals surface area contributed by atoms with E-state index in [2.05, 4.69) is 26.1 Å². The van der Waals surface area contributed by atoms with Gasteiger partial charge in [0.1, 0.15) is 18.1 Å². The number of benzene rings is 1. The van der Waals surface area contributed by atoms with Crippen molar-refractivity contribution in [1.29, 1.82) is 0 Å². The molecule has 0 bridgehead atoms. The molecular formula is C13H11N5O2S. The van der Waals surface area contributed by atoms with Crippen LogP contribution in [-0.2, 0) is 4.79 Å². The van der Waals surface area contributed by atoms with Crippen LogP contribution in [0.1, 0.15) is 16.1 Å². The molecule has 0 radical (unpaired) electrons. The molecular weight excluding hydrogens is 290 g/mol.